The second kappa shape index (κ2) is 4.16. The van der Waals surface area contributed by atoms with Crippen molar-refractivity contribution in [2.24, 2.45) is 13.0 Å². The van der Waals surface area contributed by atoms with Crippen molar-refractivity contribution in [3.8, 4) is 0 Å². The maximum atomic E-state index is 11.7. The number of Topliss-reactive ketones (excluding diaryl/α,β-unsaturated/α-hetero) is 3. The summed E-state index contributed by atoms with van der Waals surface area (Å²) >= 11 is 0. The fourth-order valence-corrected chi connectivity index (χ4v) is 1.37. The van der Waals surface area contributed by atoms with Gasteiger partial charge in [-0.1, -0.05) is 0 Å². The van der Waals surface area contributed by atoms with E-state index in [4.69, 9.17) is 0 Å². The quantitative estimate of drug-likeness (QED) is 0.530. The van der Waals surface area contributed by atoms with Crippen molar-refractivity contribution in [3.63, 3.8) is 0 Å². The molecule has 80 valence electrons. The first-order valence-corrected chi connectivity index (χ1v) is 4.47. The predicted molar refractivity (Wildman–Crippen MR) is 52.4 cm³/mol. The summed E-state index contributed by atoms with van der Waals surface area (Å²) in [7, 11) is 1.66. The highest BCUT2D eigenvalue weighted by Crippen LogP contribution is 2.10. The fourth-order valence-electron chi connectivity index (χ4n) is 1.37. The lowest BCUT2D eigenvalue weighted by Crippen LogP contribution is -2.28. The molecule has 1 aromatic rings. The van der Waals surface area contributed by atoms with Crippen molar-refractivity contribution in [2.75, 3.05) is 0 Å². The Labute approximate surface area is 87.1 Å². The largest absolute Gasteiger partial charge is 0.299 e. The zero-order valence-electron chi connectivity index (χ0n) is 8.85. The lowest BCUT2D eigenvalue weighted by molar-refractivity contribution is -0.128. The van der Waals surface area contributed by atoms with Crippen LogP contribution in [-0.4, -0.2) is 27.1 Å². The molecule has 0 aromatic carbocycles. The summed E-state index contributed by atoms with van der Waals surface area (Å²) in [4.78, 5) is 34.0. The van der Waals surface area contributed by atoms with Crippen molar-refractivity contribution < 1.29 is 14.4 Å². The highest BCUT2D eigenvalue weighted by Gasteiger charge is 2.29. The molecule has 0 amide bonds. The third kappa shape index (κ3) is 2.37. The molecule has 0 aliphatic rings. The minimum atomic E-state index is -1.19. The number of carbonyl (C=O) groups is 3. The fraction of sp³-hybridized carbons (Fsp3) is 0.400. The molecular weight excluding hydrogens is 196 g/mol. The topological polar surface area (TPSA) is 69.0 Å². The number of aromatic nitrogens is 2. The molecule has 1 aromatic heterocycles. The Bertz CT molecular complexity index is 406. The van der Waals surface area contributed by atoms with Gasteiger partial charge in [0.25, 0.3) is 0 Å². The SMILES string of the molecule is CC(=O)C(C(C)=O)C(=O)c1cnn(C)c1. The maximum Gasteiger partial charge on any atom is 0.183 e. The third-order valence-electron chi connectivity index (χ3n) is 2.06. The summed E-state index contributed by atoms with van der Waals surface area (Å²) < 4.78 is 1.45. The Balaban J connectivity index is 3.01. The summed E-state index contributed by atoms with van der Waals surface area (Å²) in [6.45, 7) is 2.47. The van der Waals surface area contributed by atoms with Gasteiger partial charge < -0.3 is 0 Å². The highest BCUT2D eigenvalue weighted by atomic mass is 16.2. The van der Waals surface area contributed by atoms with Gasteiger partial charge in [0.05, 0.1) is 11.8 Å². The molecule has 0 aliphatic carbocycles. The lowest BCUT2D eigenvalue weighted by atomic mass is 9.93. The van der Waals surface area contributed by atoms with Crippen LogP contribution in [0.25, 0.3) is 0 Å². The number of carbonyl (C=O) groups excluding carboxylic acids is 3. The number of ketones is 3. The normalized spacial score (nSPS) is 10.4. The second-order valence-corrected chi connectivity index (χ2v) is 3.42. The summed E-state index contributed by atoms with van der Waals surface area (Å²) in [5.74, 6) is -2.54. The van der Waals surface area contributed by atoms with Crippen molar-refractivity contribution >= 4 is 17.3 Å². The smallest absolute Gasteiger partial charge is 0.183 e. The van der Waals surface area contributed by atoms with Gasteiger partial charge in [0, 0.05) is 13.2 Å². The molecule has 0 aliphatic heterocycles. The van der Waals surface area contributed by atoms with E-state index < -0.39 is 23.3 Å². The van der Waals surface area contributed by atoms with Crippen LogP contribution in [0.1, 0.15) is 24.2 Å². The van der Waals surface area contributed by atoms with Crippen molar-refractivity contribution in [1.82, 2.24) is 9.78 Å². The molecule has 0 bridgehead atoms. The van der Waals surface area contributed by atoms with E-state index in [1.807, 2.05) is 0 Å². The maximum absolute atomic E-state index is 11.7. The minimum Gasteiger partial charge on any atom is -0.299 e. The monoisotopic (exact) mass is 208 g/mol. The Hall–Kier alpha value is -1.78. The van der Waals surface area contributed by atoms with Gasteiger partial charge in [-0.15, -0.1) is 0 Å². The number of hydrogen-bond donors (Lipinski definition) is 0. The van der Waals surface area contributed by atoms with Gasteiger partial charge in [-0.3, -0.25) is 19.1 Å². The molecule has 0 N–H and O–H groups in total. The van der Waals surface area contributed by atoms with E-state index in [-0.39, 0.29) is 5.56 Å². The standard InChI is InChI=1S/C10H12N2O3/c1-6(13)9(7(2)14)10(15)8-4-11-12(3)5-8/h4-5,9H,1-3H3. The van der Waals surface area contributed by atoms with Crippen LogP contribution in [0.5, 0.6) is 0 Å². The Morgan fingerprint density at radius 1 is 1.27 bits per heavy atom. The molecule has 5 heteroatoms. The molecule has 0 spiro atoms. The van der Waals surface area contributed by atoms with E-state index in [0.29, 0.717) is 0 Å². The summed E-state index contributed by atoms with van der Waals surface area (Å²) in [6.07, 6.45) is 2.84. The van der Waals surface area contributed by atoms with Gasteiger partial charge >= 0.3 is 0 Å². The number of nitrogens with zero attached hydrogens (tertiary/aromatic N) is 2. The summed E-state index contributed by atoms with van der Waals surface area (Å²) in [5, 5.41) is 3.81. The van der Waals surface area contributed by atoms with Crippen LogP contribution < -0.4 is 0 Å². The van der Waals surface area contributed by atoms with Gasteiger partial charge in [0.2, 0.25) is 0 Å². The Kier molecular flexibility index (Phi) is 3.14. The molecule has 0 atom stereocenters. The molecule has 1 rings (SSSR count). The molecule has 0 fully saturated rings. The van der Waals surface area contributed by atoms with Crippen LogP contribution in [0.15, 0.2) is 12.4 Å². The second-order valence-electron chi connectivity index (χ2n) is 3.42. The molecule has 5 nitrogen and oxygen atoms in total. The van der Waals surface area contributed by atoms with E-state index in [0.717, 1.165) is 0 Å². The minimum absolute atomic E-state index is 0.285. The van der Waals surface area contributed by atoms with E-state index in [2.05, 4.69) is 5.10 Å². The predicted octanol–water partition coefficient (Wildman–Crippen LogP) is 0.397. The third-order valence-corrected chi connectivity index (χ3v) is 2.06. The van der Waals surface area contributed by atoms with Crippen LogP contribution in [0.3, 0.4) is 0 Å². The van der Waals surface area contributed by atoms with Gasteiger partial charge in [-0.2, -0.15) is 5.10 Å². The number of rotatable bonds is 4. The number of hydrogen-bond acceptors (Lipinski definition) is 4. The average molecular weight is 208 g/mol. The Morgan fingerprint density at radius 2 is 1.80 bits per heavy atom. The first kappa shape index (κ1) is 11.3. The van der Waals surface area contributed by atoms with E-state index in [1.165, 1.54) is 30.9 Å². The van der Waals surface area contributed by atoms with Crippen LogP contribution in [0.2, 0.25) is 0 Å². The zero-order chi connectivity index (χ0) is 11.6. The van der Waals surface area contributed by atoms with Crippen LogP contribution in [0, 0.1) is 5.92 Å². The van der Waals surface area contributed by atoms with Crippen molar-refractivity contribution in [1.29, 1.82) is 0 Å². The molecule has 0 unspecified atom stereocenters. The number of aryl methyl sites for hydroxylation is 1. The van der Waals surface area contributed by atoms with Gasteiger partial charge in [-0.05, 0) is 13.8 Å². The molecule has 15 heavy (non-hydrogen) atoms. The highest BCUT2D eigenvalue weighted by molar-refractivity contribution is 6.23. The molecule has 0 saturated carbocycles. The summed E-state index contributed by atoms with van der Waals surface area (Å²) in [6, 6.07) is 0. The van der Waals surface area contributed by atoms with Gasteiger partial charge in [0.1, 0.15) is 17.5 Å². The van der Waals surface area contributed by atoms with Crippen LogP contribution in [0.4, 0.5) is 0 Å². The molecule has 0 radical (unpaired) electrons. The van der Waals surface area contributed by atoms with Gasteiger partial charge in [0.15, 0.2) is 5.78 Å². The average Bonchev–Trinajstić information content (AvgIpc) is 2.50. The van der Waals surface area contributed by atoms with E-state index >= 15 is 0 Å². The summed E-state index contributed by atoms with van der Waals surface area (Å²) in [5.41, 5.74) is 0.285. The van der Waals surface area contributed by atoms with E-state index in [1.54, 1.807) is 7.05 Å². The van der Waals surface area contributed by atoms with Crippen LogP contribution in [-0.2, 0) is 16.6 Å². The lowest BCUT2D eigenvalue weighted by Gasteiger charge is -2.06. The zero-order valence-corrected chi connectivity index (χ0v) is 8.85. The molecular formula is C10H12N2O3. The van der Waals surface area contributed by atoms with Crippen molar-refractivity contribution in [2.45, 2.75) is 13.8 Å². The van der Waals surface area contributed by atoms with E-state index in [9.17, 15) is 14.4 Å². The van der Waals surface area contributed by atoms with Crippen molar-refractivity contribution in [3.05, 3.63) is 18.0 Å². The first-order valence-electron chi connectivity index (χ1n) is 4.47. The molecule has 1 heterocycles. The Morgan fingerprint density at radius 3 is 2.13 bits per heavy atom. The first-order chi connectivity index (χ1) is 6.93. The van der Waals surface area contributed by atoms with Crippen LogP contribution >= 0.6 is 0 Å². The molecule has 0 saturated heterocycles. The van der Waals surface area contributed by atoms with Gasteiger partial charge in [-0.25, -0.2) is 0 Å².